The lowest BCUT2D eigenvalue weighted by atomic mass is 9.68. The Hall–Kier alpha value is -3.54. The molecule has 0 radical (unpaired) electrons. The maximum Gasteiger partial charge on any atom is 0.336 e. The zero-order valence-electron chi connectivity index (χ0n) is 20.5. The molecule has 2 heterocycles. The van der Waals surface area contributed by atoms with E-state index in [1.54, 1.807) is 0 Å². The fraction of sp³-hybridized carbons (Fsp3) is 0.400. The molecule has 2 aliphatic heterocycles. The number of hydrogen-bond donors (Lipinski definition) is 1. The molecule has 1 N–H and O–H groups in total. The lowest BCUT2D eigenvalue weighted by molar-refractivity contribution is -0.146. The van der Waals surface area contributed by atoms with E-state index in [1.165, 1.54) is 6.42 Å². The lowest BCUT2D eigenvalue weighted by Gasteiger charge is -2.40. The fourth-order valence-electron chi connectivity index (χ4n) is 6.12. The van der Waals surface area contributed by atoms with Gasteiger partial charge in [0, 0.05) is 29.7 Å². The molecule has 186 valence electrons. The van der Waals surface area contributed by atoms with Crippen LogP contribution in [0.4, 0.5) is 0 Å². The Morgan fingerprint density at radius 1 is 0.944 bits per heavy atom. The summed E-state index contributed by atoms with van der Waals surface area (Å²) in [6, 6.07) is 15.8. The molecule has 1 saturated carbocycles. The Morgan fingerprint density at radius 3 is 2.53 bits per heavy atom. The van der Waals surface area contributed by atoms with Crippen molar-refractivity contribution >= 4 is 11.8 Å². The van der Waals surface area contributed by atoms with E-state index in [0.717, 1.165) is 48.2 Å². The van der Waals surface area contributed by atoms with Crippen molar-refractivity contribution < 1.29 is 23.8 Å². The molecule has 1 fully saturated rings. The molecule has 0 spiro atoms. The number of fused-ring (bicyclic) bond motifs is 2. The van der Waals surface area contributed by atoms with Gasteiger partial charge in [0.1, 0.15) is 11.9 Å². The molecule has 0 aromatic heterocycles. The van der Waals surface area contributed by atoms with E-state index in [9.17, 15) is 9.59 Å². The molecule has 0 saturated heterocycles. The van der Waals surface area contributed by atoms with Gasteiger partial charge in [-0.15, -0.1) is 0 Å². The van der Waals surface area contributed by atoms with E-state index in [2.05, 4.69) is 23.5 Å². The van der Waals surface area contributed by atoms with Gasteiger partial charge < -0.3 is 19.5 Å². The summed E-state index contributed by atoms with van der Waals surface area (Å²) >= 11 is 0. The van der Waals surface area contributed by atoms with E-state index in [1.807, 2.05) is 43.3 Å². The number of nitrogens with one attached hydrogen (secondary N) is 1. The summed E-state index contributed by atoms with van der Waals surface area (Å²) in [4.78, 5) is 27.4. The van der Waals surface area contributed by atoms with Crippen LogP contribution in [0.5, 0.6) is 11.5 Å². The maximum absolute atomic E-state index is 13.8. The number of hydrogen-bond acceptors (Lipinski definition) is 6. The van der Waals surface area contributed by atoms with E-state index in [0.29, 0.717) is 23.5 Å². The summed E-state index contributed by atoms with van der Waals surface area (Å²) in [6.07, 6.45) is 7.62. The minimum atomic E-state index is -0.483. The van der Waals surface area contributed by atoms with Crippen molar-refractivity contribution in [3.8, 4) is 11.5 Å². The first-order chi connectivity index (χ1) is 17.6. The molecule has 0 amide bonds. The molecular formula is C30H31NO5. The zero-order valence-corrected chi connectivity index (χ0v) is 20.5. The SMILES string of the molecule is CC1=C(C(=O)OC2CCCCC2)C(c2ccc3c(c2)OCO3)C2C(=O)CC(c3ccccc3)C=C2N1. The van der Waals surface area contributed by atoms with Gasteiger partial charge in [-0.2, -0.15) is 0 Å². The standard InChI is InChI=1S/C30H31NO5/c1-18-27(30(33)36-22-10-6-3-7-11-22)28(20-12-13-25-26(16-20)35-17-34-25)29-23(31-18)14-21(15-24(29)32)19-8-4-2-5-9-19/h2,4-5,8-9,12-14,16,21-22,28-29,31H,3,6-7,10-11,15,17H2,1H3. The van der Waals surface area contributed by atoms with Gasteiger partial charge in [-0.05, 0) is 55.9 Å². The number of carbonyl (C=O) groups is 2. The largest absolute Gasteiger partial charge is 0.459 e. The van der Waals surface area contributed by atoms with Gasteiger partial charge in [0.15, 0.2) is 11.5 Å². The maximum atomic E-state index is 13.8. The highest BCUT2D eigenvalue weighted by Crippen LogP contribution is 2.48. The van der Waals surface area contributed by atoms with E-state index < -0.39 is 11.8 Å². The second kappa shape index (κ2) is 9.49. The number of ether oxygens (including phenoxy) is 3. The molecule has 6 nitrogen and oxygen atoms in total. The van der Waals surface area contributed by atoms with Crippen molar-refractivity contribution in [2.24, 2.45) is 5.92 Å². The monoisotopic (exact) mass is 485 g/mol. The predicted octanol–water partition coefficient (Wildman–Crippen LogP) is 5.51. The number of rotatable bonds is 4. The van der Waals surface area contributed by atoms with Crippen LogP contribution in [0, 0.1) is 5.92 Å². The molecule has 0 bridgehead atoms. The summed E-state index contributed by atoms with van der Waals surface area (Å²) in [7, 11) is 0. The van der Waals surface area contributed by atoms with Crippen molar-refractivity contribution in [1.82, 2.24) is 5.32 Å². The first-order valence-corrected chi connectivity index (χ1v) is 13.0. The van der Waals surface area contributed by atoms with Crippen LogP contribution in [0.15, 0.2) is 71.6 Å². The molecule has 4 aliphatic rings. The van der Waals surface area contributed by atoms with Crippen LogP contribution < -0.4 is 14.8 Å². The number of carbonyl (C=O) groups excluding carboxylic acids is 2. The summed E-state index contributed by atoms with van der Waals surface area (Å²) in [5.41, 5.74) is 4.10. The van der Waals surface area contributed by atoms with Gasteiger partial charge >= 0.3 is 5.97 Å². The molecule has 2 aromatic rings. The molecule has 2 aliphatic carbocycles. The second-order valence-electron chi connectivity index (χ2n) is 10.2. The van der Waals surface area contributed by atoms with Gasteiger partial charge in [-0.3, -0.25) is 4.79 Å². The minimum absolute atomic E-state index is 0.00149. The molecule has 6 rings (SSSR count). The van der Waals surface area contributed by atoms with Crippen molar-refractivity contribution in [3.05, 3.63) is 82.7 Å². The average Bonchev–Trinajstić information content (AvgIpc) is 3.37. The quantitative estimate of drug-likeness (QED) is 0.576. The van der Waals surface area contributed by atoms with Gasteiger partial charge in [0.25, 0.3) is 0 Å². The van der Waals surface area contributed by atoms with Crippen LogP contribution in [0.2, 0.25) is 0 Å². The van der Waals surface area contributed by atoms with Gasteiger partial charge in [-0.25, -0.2) is 4.79 Å². The summed E-state index contributed by atoms with van der Waals surface area (Å²) in [6.45, 7) is 2.08. The van der Waals surface area contributed by atoms with E-state index >= 15 is 0 Å². The van der Waals surface area contributed by atoms with Crippen molar-refractivity contribution in [1.29, 1.82) is 0 Å². The Morgan fingerprint density at radius 2 is 1.72 bits per heavy atom. The Kier molecular flexibility index (Phi) is 6.04. The molecule has 3 unspecified atom stereocenters. The number of esters is 1. The van der Waals surface area contributed by atoms with Crippen molar-refractivity contribution in [2.75, 3.05) is 6.79 Å². The van der Waals surface area contributed by atoms with E-state index in [-0.39, 0.29) is 30.6 Å². The Balaban J connectivity index is 1.41. The fourth-order valence-corrected chi connectivity index (χ4v) is 6.12. The van der Waals surface area contributed by atoms with Crippen molar-refractivity contribution in [2.45, 2.75) is 63.4 Å². The summed E-state index contributed by atoms with van der Waals surface area (Å²) in [5.74, 6) is 0.168. The normalized spacial score (nSPS) is 25.6. The highest BCUT2D eigenvalue weighted by Gasteiger charge is 2.45. The number of benzene rings is 2. The first-order valence-electron chi connectivity index (χ1n) is 13.0. The van der Waals surface area contributed by atoms with E-state index in [4.69, 9.17) is 14.2 Å². The third-order valence-corrected chi connectivity index (χ3v) is 7.89. The predicted molar refractivity (Wildman–Crippen MR) is 134 cm³/mol. The van der Waals surface area contributed by atoms with Crippen LogP contribution in [0.3, 0.4) is 0 Å². The van der Waals surface area contributed by atoms with Crippen LogP contribution in [-0.2, 0) is 14.3 Å². The Labute approximate surface area is 211 Å². The average molecular weight is 486 g/mol. The smallest absolute Gasteiger partial charge is 0.336 e. The van der Waals surface area contributed by atoms with Crippen LogP contribution in [0.1, 0.15) is 68.4 Å². The van der Waals surface area contributed by atoms with Gasteiger partial charge in [0.2, 0.25) is 6.79 Å². The van der Waals surface area contributed by atoms with Gasteiger partial charge in [0.05, 0.1) is 11.5 Å². The van der Waals surface area contributed by atoms with Crippen LogP contribution >= 0.6 is 0 Å². The third-order valence-electron chi connectivity index (χ3n) is 7.89. The minimum Gasteiger partial charge on any atom is -0.459 e. The molecule has 36 heavy (non-hydrogen) atoms. The Bertz CT molecular complexity index is 1240. The molecule has 3 atom stereocenters. The van der Waals surface area contributed by atoms with Gasteiger partial charge in [-0.1, -0.05) is 48.9 Å². The second-order valence-corrected chi connectivity index (χ2v) is 10.2. The topological polar surface area (TPSA) is 73.9 Å². The van der Waals surface area contributed by atoms with Crippen LogP contribution in [0.25, 0.3) is 0 Å². The molecule has 2 aromatic carbocycles. The van der Waals surface area contributed by atoms with Crippen LogP contribution in [-0.4, -0.2) is 24.6 Å². The lowest BCUT2D eigenvalue weighted by Crippen LogP contribution is -2.42. The number of allylic oxidation sites excluding steroid dienone is 3. The molecule has 6 heteroatoms. The first kappa shape index (κ1) is 22.9. The highest BCUT2D eigenvalue weighted by molar-refractivity contribution is 5.96. The molecular weight excluding hydrogens is 454 g/mol. The summed E-state index contributed by atoms with van der Waals surface area (Å²) in [5, 5.41) is 3.43. The number of ketones is 1. The third kappa shape index (κ3) is 4.19. The van der Waals surface area contributed by atoms with Crippen molar-refractivity contribution in [3.63, 3.8) is 0 Å². The number of Topliss-reactive ketones (excluding diaryl/α,β-unsaturated/α-hetero) is 1. The highest BCUT2D eigenvalue weighted by atomic mass is 16.7. The zero-order chi connectivity index (χ0) is 24.6. The summed E-state index contributed by atoms with van der Waals surface area (Å²) < 4.78 is 17.2.